The van der Waals surface area contributed by atoms with E-state index in [9.17, 15) is 19.1 Å². The Balaban J connectivity index is 1.66. The predicted molar refractivity (Wildman–Crippen MR) is 103 cm³/mol. The van der Waals surface area contributed by atoms with E-state index in [2.05, 4.69) is 25.6 Å². The van der Waals surface area contributed by atoms with E-state index in [1.165, 1.54) is 6.33 Å². The molecule has 13 heteroatoms. The lowest BCUT2D eigenvalue weighted by Crippen LogP contribution is -2.37. The molecule has 4 N–H and O–H groups in total. The number of nitrogens with one attached hydrogen (secondary N) is 2. The molecular weight excluding hydrogens is 403 g/mol. The topological polar surface area (TPSA) is 161 Å². The van der Waals surface area contributed by atoms with Crippen LogP contribution < -0.4 is 10.6 Å². The predicted octanol–water partition coefficient (Wildman–Crippen LogP) is 0.592. The largest absolute Gasteiger partial charge is 0.368 e. The van der Waals surface area contributed by atoms with Gasteiger partial charge in [-0.2, -0.15) is 0 Å². The maximum Gasteiger partial charge on any atom is 0.363 e. The van der Waals surface area contributed by atoms with Crippen molar-refractivity contribution in [1.82, 2.24) is 24.8 Å². The monoisotopic (exact) mass is 428 g/mol. The molecule has 0 radical (unpaired) electrons. The van der Waals surface area contributed by atoms with Crippen LogP contribution in [0.25, 0.3) is 11.2 Å². The lowest BCUT2D eigenvalue weighted by molar-refractivity contribution is -0.131. The summed E-state index contributed by atoms with van der Waals surface area (Å²) >= 11 is 0. The minimum absolute atomic E-state index is 0.117. The van der Waals surface area contributed by atoms with E-state index in [-0.39, 0.29) is 19.4 Å². The molecule has 2 aromatic heterocycles. The molecule has 0 aliphatic carbocycles. The molecule has 0 spiro atoms. The number of aromatic nitrogens is 4. The number of nitrogens with zero attached hydrogens (tertiary/aromatic N) is 4. The molecule has 3 rings (SSSR count). The molecule has 3 heterocycles. The summed E-state index contributed by atoms with van der Waals surface area (Å²) in [5.41, 5.74) is 1.26. The second-order valence-electron chi connectivity index (χ2n) is 6.54. The van der Waals surface area contributed by atoms with Crippen molar-refractivity contribution in [1.29, 1.82) is 0 Å². The van der Waals surface area contributed by atoms with E-state index in [1.807, 2.05) is 6.92 Å². The highest BCUT2D eigenvalue weighted by molar-refractivity contribution is 7.53. The van der Waals surface area contributed by atoms with Crippen molar-refractivity contribution < 1.29 is 28.6 Å². The summed E-state index contributed by atoms with van der Waals surface area (Å²) in [6.45, 7) is 4.44. The molecule has 1 aliphatic heterocycles. The zero-order chi connectivity index (χ0) is 21.0. The Morgan fingerprint density at radius 1 is 1.34 bits per heavy atom. The van der Waals surface area contributed by atoms with Gasteiger partial charge in [0.25, 0.3) is 5.91 Å². The second-order valence-corrected chi connectivity index (χ2v) is 8.18. The standard InChI is InChI=1S/C16H25N6O6P/c1-3-17-13-12-14(20-8-19-13)22(9-21-12)11-6-5-10(28-11)7-27-16(29(24,25)26)15(23)18-4-2/h8-11,16H,3-7H2,1-2H3,(H,18,23)(H,17,19,20)(H2,24,25,26)/t10-,11+,16-/m0/s1. The number of anilines is 1. The Morgan fingerprint density at radius 2 is 2.14 bits per heavy atom. The van der Waals surface area contributed by atoms with E-state index in [0.29, 0.717) is 36.4 Å². The number of ether oxygens (including phenoxy) is 2. The molecule has 0 unspecified atom stereocenters. The summed E-state index contributed by atoms with van der Waals surface area (Å²) < 4.78 is 24.6. The highest BCUT2D eigenvalue weighted by Crippen LogP contribution is 2.42. The van der Waals surface area contributed by atoms with Crippen molar-refractivity contribution >= 4 is 30.5 Å². The van der Waals surface area contributed by atoms with E-state index < -0.39 is 25.5 Å². The zero-order valence-electron chi connectivity index (χ0n) is 16.2. The summed E-state index contributed by atoms with van der Waals surface area (Å²) in [6.07, 6.45) is 3.54. The molecule has 12 nitrogen and oxygen atoms in total. The van der Waals surface area contributed by atoms with Gasteiger partial charge in [0, 0.05) is 13.1 Å². The van der Waals surface area contributed by atoms with Gasteiger partial charge in [0.05, 0.1) is 19.0 Å². The molecule has 1 fully saturated rings. The van der Waals surface area contributed by atoms with Gasteiger partial charge in [-0.25, -0.2) is 15.0 Å². The van der Waals surface area contributed by atoms with Crippen LogP contribution in [0, 0.1) is 0 Å². The molecule has 29 heavy (non-hydrogen) atoms. The van der Waals surface area contributed by atoms with Crippen LogP contribution in [0.4, 0.5) is 5.82 Å². The lowest BCUT2D eigenvalue weighted by atomic mass is 10.2. The summed E-state index contributed by atoms with van der Waals surface area (Å²) in [6, 6.07) is 0. The van der Waals surface area contributed by atoms with Crippen LogP contribution in [0.15, 0.2) is 12.7 Å². The average Bonchev–Trinajstić information content (AvgIpc) is 3.28. The first kappa shape index (κ1) is 21.6. The fraction of sp³-hybridized carbons (Fsp3) is 0.625. The van der Waals surface area contributed by atoms with Crippen LogP contribution in [-0.4, -0.2) is 66.9 Å². The normalized spacial score (nSPS) is 20.7. The highest BCUT2D eigenvalue weighted by atomic mass is 31.2. The molecule has 0 saturated carbocycles. The van der Waals surface area contributed by atoms with Crippen LogP contribution in [0.1, 0.15) is 32.9 Å². The minimum atomic E-state index is -4.76. The molecule has 2 aromatic rings. The number of likely N-dealkylation sites (N-methyl/N-ethyl adjacent to an activating group) is 1. The van der Waals surface area contributed by atoms with E-state index in [1.54, 1.807) is 17.8 Å². The smallest absolute Gasteiger partial charge is 0.363 e. The van der Waals surface area contributed by atoms with E-state index in [4.69, 9.17) is 9.47 Å². The third kappa shape index (κ3) is 4.90. The van der Waals surface area contributed by atoms with E-state index >= 15 is 0 Å². The van der Waals surface area contributed by atoms with Crippen LogP contribution >= 0.6 is 7.60 Å². The Morgan fingerprint density at radius 3 is 2.83 bits per heavy atom. The van der Waals surface area contributed by atoms with Gasteiger partial charge in [-0.3, -0.25) is 13.9 Å². The average molecular weight is 428 g/mol. The SMILES string of the molecule is CCNC(=O)[C@@H](OC[C@@H]1CC[C@H](n2cnc3c(NCC)ncnc32)O1)P(=O)(O)O. The third-order valence-corrected chi connectivity index (χ3v) is 5.41. The first-order valence-electron chi connectivity index (χ1n) is 9.36. The quantitative estimate of drug-likeness (QED) is 0.416. The van der Waals surface area contributed by atoms with Gasteiger partial charge in [-0.15, -0.1) is 0 Å². The Kier molecular flexibility index (Phi) is 6.81. The van der Waals surface area contributed by atoms with E-state index in [0.717, 1.165) is 0 Å². The van der Waals surface area contributed by atoms with Crippen LogP contribution in [0.3, 0.4) is 0 Å². The molecule has 3 atom stereocenters. The Bertz CT molecular complexity index is 901. The van der Waals surface area contributed by atoms with Crippen molar-refractivity contribution in [2.75, 3.05) is 25.0 Å². The van der Waals surface area contributed by atoms with Gasteiger partial charge < -0.3 is 29.9 Å². The lowest BCUT2D eigenvalue weighted by Gasteiger charge is -2.20. The number of amides is 1. The van der Waals surface area contributed by atoms with Gasteiger partial charge in [0.1, 0.15) is 12.6 Å². The Hall–Kier alpha value is -2.11. The number of imidazole rings is 1. The number of rotatable bonds is 9. The molecule has 1 saturated heterocycles. The van der Waals surface area contributed by atoms with Crippen molar-refractivity contribution in [3.63, 3.8) is 0 Å². The number of carbonyl (C=O) groups is 1. The van der Waals surface area contributed by atoms with Gasteiger partial charge in [-0.05, 0) is 26.7 Å². The fourth-order valence-electron chi connectivity index (χ4n) is 3.16. The molecular formula is C16H25N6O6P. The molecule has 1 amide bonds. The first-order valence-corrected chi connectivity index (χ1v) is 11.0. The van der Waals surface area contributed by atoms with Gasteiger partial charge in [-0.1, -0.05) is 0 Å². The minimum Gasteiger partial charge on any atom is -0.368 e. The number of hydrogen-bond donors (Lipinski definition) is 4. The zero-order valence-corrected chi connectivity index (χ0v) is 17.1. The maximum atomic E-state index is 11.9. The van der Waals surface area contributed by atoms with Crippen molar-refractivity contribution in [3.8, 4) is 0 Å². The van der Waals surface area contributed by atoms with Gasteiger partial charge >= 0.3 is 7.60 Å². The van der Waals surface area contributed by atoms with Gasteiger partial charge in [0.2, 0.25) is 5.85 Å². The Labute approximate surface area is 167 Å². The third-order valence-electron chi connectivity index (χ3n) is 4.42. The van der Waals surface area contributed by atoms with Crippen LogP contribution in [0.5, 0.6) is 0 Å². The van der Waals surface area contributed by atoms with Crippen LogP contribution in [0.2, 0.25) is 0 Å². The molecule has 1 aliphatic rings. The summed E-state index contributed by atoms with van der Waals surface area (Å²) in [7, 11) is -4.76. The van der Waals surface area contributed by atoms with Crippen molar-refractivity contribution in [3.05, 3.63) is 12.7 Å². The number of hydrogen-bond acceptors (Lipinski definition) is 8. The number of fused-ring (bicyclic) bond motifs is 1. The highest BCUT2D eigenvalue weighted by Gasteiger charge is 2.38. The summed E-state index contributed by atoms with van der Waals surface area (Å²) in [4.78, 5) is 43.5. The van der Waals surface area contributed by atoms with Gasteiger partial charge in [0.15, 0.2) is 17.0 Å². The molecule has 0 aromatic carbocycles. The number of carbonyl (C=O) groups excluding carboxylic acids is 1. The summed E-state index contributed by atoms with van der Waals surface area (Å²) in [5, 5.41) is 5.50. The molecule has 0 bridgehead atoms. The van der Waals surface area contributed by atoms with Crippen molar-refractivity contribution in [2.24, 2.45) is 0 Å². The second kappa shape index (κ2) is 9.14. The maximum absolute atomic E-state index is 11.9. The van der Waals surface area contributed by atoms with Crippen molar-refractivity contribution in [2.45, 2.75) is 44.9 Å². The first-order chi connectivity index (χ1) is 13.8. The fourth-order valence-corrected chi connectivity index (χ4v) is 3.84. The summed E-state index contributed by atoms with van der Waals surface area (Å²) in [5.74, 6) is -2.06. The van der Waals surface area contributed by atoms with Crippen LogP contribution in [-0.2, 0) is 18.8 Å². The molecule has 160 valence electrons.